The lowest BCUT2D eigenvalue weighted by Crippen LogP contribution is -2.53. The molecule has 0 aliphatic carbocycles. The maximum absolute atomic E-state index is 6.11. The second-order valence-electron chi connectivity index (χ2n) is 7.92. The lowest BCUT2D eigenvalue weighted by atomic mass is 9.92. The molecule has 0 unspecified atom stereocenters. The molecule has 1 aromatic carbocycles. The Balaban J connectivity index is 1.37. The van der Waals surface area contributed by atoms with E-state index < -0.39 is 0 Å². The molecule has 4 nitrogen and oxygen atoms in total. The van der Waals surface area contributed by atoms with Crippen LogP contribution in [0.15, 0.2) is 36.4 Å². The maximum Gasteiger partial charge on any atom is 0.170 e. The first kappa shape index (κ1) is 16.0. The van der Waals surface area contributed by atoms with E-state index in [0.717, 1.165) is 56.9 Å². The van der Waals surface area contributed by atoms with Crippen LogP contribution in [0.5, 0.6) is 0 Å². The van der Waals surface area contributed by atoms with Gasteiger partial charge in [-0.2, -0.15) is 0 Å². The van der Waals surface area contributed by atoms with Crippen LogP contribution in [-0.2, 0) is 16.0 Å². The molecule has 0 atom stereocenters. The van der Waals surface area contributed by atoms with Gasteiger partial charge in [-0.05, 0) is 12.1 Å². The Labute approximate surface area is 143 Å². The van der Waals surface area contributed by atoms with Gasteiger partial charge in [-0.15, -0.1) is 0 Å². The minimum Gasteiger partial charge on any atom is -0.349 e. The van der Waals surface area contributed by atoms with Gasteiger partial charge in [0.25, 0.3) is 0 Å². The minimum atomic E-state index is -0.344. The highest BCUT2D eigenvalue weighted by Gasteiger charge is 2.42. The normalized spacial score (nSPS) is 23.6. The van der Waals surface area contributed by atoms with E-state index in [0.29, 0.717) is 0 Å². The molecule has 128 valence electrons. The van der Waals surface area contributed by atoms with Gasteiger partial charge in [0.15, 0.2) is 5.79 Å². The summed E-state index contributed by atoms with van der Waals surface area (Å²) in [6.07, 6.45) is 1.88. The van der Waals surface area contributed by atoms with Crippen molar-refractivity contribution in [3.8, 4) is 0 Å². The zero-order valence-electron chi connectivity index (χ0n) is 14.6. The third kappa shape index (κ3) is 3.32. The second-order valence-corrected chi connectivity index (χ2v) is 7.92. The summed E-state index contributed by atoms with van der Waals surface area (Å²) in [4.78, 5) is 7.24. The number of para-hydroxylation sites is 1. The Kier molecular flexibility index (Phi) is 4.07. The first-order valence-electron chi connectivity index (χ1n) is 8.89. The summed E-state index contributed by atoms with van der Waals surface area (Å²) in [6.45, 7) is 8.86. The molecule has 2 aliphatic rings. The van der Waals surface area contributed by atoms with E-state index in [1.807, 2.05) is 6.07 Å². The summed E-state index contributed by atoms with van der Waals surface area (Å²) in [7, 11) is 0. The number of pyridine rings is 1. The number of benzene rings is 1. The maximum atomic E-state index is 6.11. The van der Waals surface area contributed by atoms with Gasteiger partial charge in [0.1, 0.15) is 0 Å². The molecular weight excluding hydrogens is 300 g/mol. The molecule has 2 aliphatic heterocycles. The van der Waals surface area contributed by atoms with Crippen LogP contribution < -0.4 is 0 Å². The molecule has 2 fully saturated rings. The highest BCUT2D eigenvalue weighted by molar-refractivity contribution is 5.78. The Bertz CT molecular complexity index is 708. The van der Waals surface area contributed by atoms with Gasteiger partial charge in [-0.1, -0.05) is 38.1 Å². The fourth-order valence-corrected chi connectivity index (χ4v) is 3.50. The molecule has 0 bridgehead atoms. The van der Waals surface area contributed by atoms with Crippen LogP contribution in [0.3, 0.4) is 0 Å². The third-order valence-electron chi connectivity index (χ3n) is 5.11. The van der Waals surface area contributed by atoms with E-state index in [9.17, 15) is 0 Å². The predicted octanol–water partition coefficient (Wildman–Crippen LogP) is 3.60. The van der Waals surface area contributed by atoms with Crippen molar-refractivity contribution < 1.29 is 9.47 Å². The topological polar surface area (TPSA) is 34.6 Å². The Hall–Kier alpha value is -1.49. The van der Waals surface area contributed by atoms with Gasteiger partial charge < -0.3 is 9.47 Å². The molecule has 0 amide bonds. The standard InChI is InChI=1S/C20H26N2O2/c1-19(2)14-23-20(24-15-19)9-11-22(12-10-20)13-17-8-7-16-5-3-4-6-18(16)21-17/h3-8H,9-15H2,1-2H3. The van der Waals surface area contributed by atoms with Gasteiger partial charge in [-0.3, -0.25) is 9.88 Å². The molecule has 1 spiro atoms. The number of hydrogen-bond donors (Lipinski definition) is 0. The fraction of sp³-hybridized carbons (Fsp3) is 0.550. The molecule has 0 N–H and O–H groups in total. The van der Waals surface area contributed by atoms with E-state index in [2.05, 4.69) is 49.1 Å². The molecule has 1 aromatic heterocycles. The average molecular weight is 326 g/mol. The summed E-state index contributed by atoms with van der Waals surface area (Å²) in [5.74, 6) is -0.344. The fourth-order valence-electron chi connectivity index (χ4n) is 3.50. The molecule has 4 heteroatoms. The highest BCUT2D eigenvalue weighted by atomic mass is 16.7. The number of fused-ring (bicyclic) bond motifs is 1. The Morgan fingerprint density at radius 3 is 2.46 bits per heavy atom. The van der Waals surface area contributed by atoms with Gasteiger partial charge in [0, 0.05) is 43.3 Å². The number of ether oxygens (including phenoxy) is 2. The zero-order chi connectivity index (χ0) is 16.6. The van der Waals surface area contributed by atoms with Crippen LogP contribution in [0, 0.1) is 5.41 Å². The summed E-state index contributed by atoms with van der Waals surface area (Å²) >= 11 is 0. The average Bonchev–Trinajstić information content (AvgIpc) is 2.60. The van der Waals surface area contributed by atoms with Crippen LogP contribution >= 0.6 is 0 Å². The van der Waals surface area contributed by atoms with E-state index in [1.54, 1.807) is 0 Å². The quantitative estimate of drug-likeness (QED) is 0.844. The van der Waals surface area contributed by atoms with Crippen molar-refractivity contribution in [1.82, 2.24) is 9.88 Å². The summed E-state index contributed by atoms with van der Waals surface area (Å²) in [5, 5.41) is 1.20. The summed E-state index contributed by atoms with van der Waals surface area (Å²) < 4.78 is 12.2. The van der Waals surface area contributed by atoms with Crippen molar-refractivity contribution in [1.29, 1.82) is 0 Å². The van der Waals surface area contributed by atoms with Crippen LogP contribution in [0.2, 0.25) is 0 Å². The third-order valence-corrected chi connectivity index (χ3v) is 5.11. The largest absolute Gasteiger partial charge is 0.349 e. The van der Waals surface area contributed by atoms with Crippen LogP contribution in [0.25, 0.3) is 10.9 Å². The molecule has 2 aromatic rings. The number of likely N-dealkylation sites (tertiary alicyclic amines) is 1. The molecule has 2 saturated heterocycles. The summed E-state index contributed by atoms with van der Waals surface area (Å²) in [5.41, 5.74) is 2.35. The van der Waals surface area contributed by atoms with Gasteiger partial charge >= 0.3 is 0 Å². The zero-order valence-corrected chi connectivity index (χ0v) is 14.6. The lowest BCUT2D eigenvalue weighted by Gasteiger charge is -2.47. The molecule has 4 rings (SSSR count). The van der Waals surface area contributed by atoms with Gasteiger partial charge in [-0.25, -0.2) is 0 Å². The first-order chi connectivity index (χ1) is 11.5. The van der Waals surface area contributed by atoms with Crippen LogP contribution in [-0.4, -0.2) is 42.0 Å². The molecule has 3 heterocycles. The number of nitrogens with zero attached hydrogens (tertiary/aromatic N) is 2. The van der Waals surface area contributed by atoms with Crippen LogP contribution in [0.4, 0.5) is 0 Å². The van der Waals surface area contributed by atoms with Gasteiger partial charge in [0.05, 0.1) is 24.4 Å². The van der Waals surface area contributed by atoms with Crippen molar-refractivity contribution in [2.45, 2.75) is 39.0 Å². The van der Waals surface area contributed by atoms with Crippen LogP contribution in [0.1, 0.15) is 32.4 Å². The second kappa shape index (κ2) is 6.10. The number of piperidine rings is 1. The van der Waals surface area contributed by atoms with E-state index >= 15 is 0 Å². The predicted molar refractivity (Wildman–Crippen MR) is 94.7 cm³/mol. The number of aromatic nitrogens is 1. The molecule has 24 heavy (non-hydrogen) atoms. The Morgan fingerprint density at radius 2 is 1.71 bits per heavy atom. The van der Waals surface area contributed by atoms with Crippen molar-refractivity contribution in [2.75, 3.05) is 26.3 Å². The number of rotatable bonds is 2. The first-order valence-corrected chi connectivity index (χ1v) is 8.89. The van der Waals surface area contributed by atoms with E-state index in [4.69, 9.17) is 14.5 Å². The molecule has 0 saturated carbocycles. The van der Waals surface area contributed by atoms with Crippen molar-refractivity contribution >= 4 is 10.9 Å². The van der Waals surface area contributed by atoms with E-state index in [1.165, 1.54) is 5.39 Å². The minimum absolute atomic E-state index is 0.136. The monoisotopic (exact) mass is 326 g/mol. The number of hydrogen-bond acceptors (Lipinski definition) is 4. The molecule has 0 radical (unpaired) electrons. The Morgan fingerprint density at radius 1 is 1.00 bits per heavy atom. The van der Waals surface area contributed by atoms with Gasteiger partial charge in [0.2, 0.25) is 0 Å². The smallest absolute Gasteiger partial charge is 0.170 e. The van der Waals surface area contributed by atoms with Crippen molar-refractivity contribution in [3.63, 3.8) is 0 Å². The SMILES string of the molecule is CC1(C)COC2(CCN(Cc3ccc4ccccc4n3)CC2)OC1. The summed E-state index contributed by atoms with van der Waals surface area (Å²) in [6, 6.07) is 12.6. The van der Waals surface area contributed by atoms with Crippen molar-refractivity contribution in [2.24, 2.45) is 5.41 Å². The lowest BCUT2D eigenvalue weighted by molar-refractivity contribution is -0.313. The van der Waals surface area contributed by atoms with E-state index in [-0.39, 0.29) is 11.2 Å². The highest BCUT2D eigenvalue weighted by Crippen LogP contribution is 2.36. The van der Waals surface area contributed by atoms with Crippen molar-refractivity contribution in [3.05, 3.63) is 42.1 Å². The molecular formula is C20H26N2O2.